The first-order valence-corrected chi connectivity index (χ1v) is 11.9. The van der Waals surface area contributed by atoms with Crippen molar-refractivity contribution in [2.45, 2.75) is 71.6 Å². The highest BCUT2D eigenvalue weighted by atomic mass is 16.7. The maximum atomic E-state index is 12.5. The summed E-state index contributed by atoms with van der Waals surface area (Å²) in [6, 6.07) is 16.0. The number of esters is 2. The lowest BCUT2D eigenvalue weighted by Gasteiger charge is -2.50. The van der Waals surface area contributed by atoms with E-state index in [1.54, 1.807) is 13.0 Å². The molecule has 5 atom stereocenters. The summed E-state index contributed by atoms with van der Waals surface area (Å²) in [5, 5.41) is 0. The highest BCUT2D eigenvalue weighted by molar-refractivity contribution is 5.81. The van der Waals surface area contributed by atoms with Gasteiger partial charge in [0.05, 0.1) is 0 Å². The third-order valence-electron chi connectivity index (χ3n) is 6.44. The first-order valence-electron chi connectivity index (χ1n) is 11.9. The summed E-state index contributed by atoms with van der Waals surface area (Å²) >= 11 is 0. The summed E-state index contributed by atoms with van der Waals surface area (Å²) in [7, 11) is 1.42. The molecule has 0 spiro atoms. The molecule has 1 fully saturated rings. The Morgan fingerprint density at radius 1 is 0.914 bits per heavy atom. The van der Waals surface area contributed by atoms with E-state index in [1.165, 1.54) is 33.4 Å². The number of benzene rings is 2. The Bertz CT molecular complexity index is 1060. The van der Waals surface area contributed by atoms with Gasteiger partial charge in [-0.1, -0.05) is 56.3 Å². The molecule has 2 aromatic carbocycles. The first kappa shape index (κ1) is 26.6. The van der Waals surface area contributed by atoms with Crippen LogP contribution in [0.1, 0.15) is 56.9 Å². The molecule has 0 aliphatic carbocycles. The average Bonchev–Trinajstić information content (AvgIpc) is 2.82. The molecule has 0 radical (unpaired) electrons. The Labute approximate surface area is 206 Å². The molecule has 0 N–H and O–H groups in total. The second-order valence-corrected chi connectivity index (χ2v) is 9.03. The quantitative estimate of drug-likeness (QED) is 0.523. The fourth-order valence-corrected chi connectivity index (χ4v) is 4.71. The van der Waals surface area contributed by atoms with Crippen LogP contribution in [-0.4, -0.2) is 43.1 Å². The van der Waals surface area contributed by atoms with Gasteiger partial charge in [-0.05, 0) is 42.5 Å². The number of carbonyl (C=O) groups is 3. The molecule has 0 bridgehead atoms. The molecule has 2 aromatic rings. The topological polar surface area (TPSA) is 88.1 Å². The summed E-state index contributed by atoms with van der Waals surface area (Å²) in [6.07, 6.45) is -1.38. The lowest BCUT2D eigenvalue weighted by Crippen LogP contribution is -2.64. The lowest BCUT2D eigenvalue weighted by molar-refractivity contribution is -0.349. The van der Waals surface area contributed by atoms with E-state index in [0.29, 0.717) is 12.0 Å². The van der Waals surface area contributed by atoms with Gasteiger partial charge in [-0.25, -0.2) is 0 Å². The van der Waals surface area contributed by atoms with E-state index in [2.05, 4.69) is 31.2 Å². The van der Waals surface area contributed by atoms with Crippen LogP contribution in [0.25, 0.3) is 0 Å². The van der Waals surface area contributed by atoms with Crippen LogP contribution < -0.4 is 0 Å². The van der Waals surface area contributed by atoms with Crippen LogP contribution in [0.15, 0.2) is 48.5 Å². The van der Waals surface area contributed by atoms with Crippen LogP contribution in [0.2, 0.25) is 0 Å². The molecule has 0 aromatic heterocycles. The van der Waals surface area contributed by atoms with Crippen LogP contribution in [-0.2, 0) is 52.0 Å². The normalized spacial score (nSPS) is 26.1. The number of rotatable bonds is 8. The molecular formula is C28H34O7. The van der Waals surface area contributed by atoms with Gasteiger partial charge in [-0.3, -0.25) is 14.4 Å². The van der Waals surface area contributed by atoms with Crippen molar-refractivity contribution < 1.29 is 33.3 Å². The van der Waals surface area contributed by atoms with Gasteiger partial charge in [0.15, 0.2) is 11.9 Å². The number of ketones is 1. The Morgan fingerprint density at radius 3 is 2.09 bits per heavy atom. The molecule has 1 aliphatic heterocycles. The molecule has 0 saturated carbocycles. The summed E-state index contributed by atoms with van der Waals surface area (Å²) in [5.74, 6) is -3.61. The number of carbonyl (C=O) groups excluding carboxylic acids is 3. The van der Waals surface area contributed by atoms with Crippen molar-refractivity contribution in [3.8, 4) is 0 Å². The molecule has 7 nitrogen and oxygen atoms in total. The SMILES string of the molecule is CCc1ccc(Cc2cccc(C3(OC)O[C@H](C(C)=O)[C@@H](C)[C@H](OC(C)=O)[C@H]3OC(C)=O)c2)cc1. The highest BCUT2D eigenvalue weighted by Crippen LogP contribution is 2.44. The number of Topliss-reactive ketones (excluding diaryl/α,β-unsaturated/α-hetero) is 1. The number of hydrogen-bond donors (Lipinski definition) is 0. The van der Waals surface area contributed by atoms with Crippen LogP contribution in [0.4, 0.5) is 0 Å². The monoisotopic (exact) mass is 482 g/mol. The zero-order valence-corrected chi connectivity index (χ0v) is 21.2. The molecule has 1 saturated heterocycles. The maximum Gasteiger partial charge on any atom is 0.303 e. The molecule has 1 unspecified atom stereocenters. The second kappa shape index (κ2) is 11.1. The van der Waals surface area contributed by atoms with Gasteiger partial charge in [0.25, 0.3) is 0 Å². The van der Waals surface area contributed by atoms with Crippen molar-refractivity contribution in [3.05, 3.63) is 70.8 Å². The lowest BCUT2D eigenvalue weighted by atomic mass is 9.81. The predicted molar refractivity (Wildman–Crippen MR) is 130 cm³/mol. The van der Waals surface area contributed by atoms with E-state index in [9.17, 15) is 14.4 Å². The van der Waals surface area contributed by atoms with Crippen molar-refractivity contribution in [2.75, 3.05) is 7.11 Å². The van der Waals surface area contributed by atoms with Gasteiger partial charge in [0, 0.05) is 32.4 Å². The fourth-order valence-electron chi connectivity index (χ4n) is 4.71. The van der Waals surface area contributed by atoms with Gasteiger partial charge in [-0.15, -0.1) is 0 Å². The highest BCUT2D eigenvalue weighted by Gasteiger charge is 2.59. The van der Waals surface area contributed by atoms with Crippen molar-refractivity contribution in [2.24, 2.45) is 5.92 Å². The van der Waals surface area contributed by atoms with Crippen LogP contribution in [0.5, 0.6) is 0 Å². The summed E-state index contributed by atoms with van der Waals surface area (Å²) < 4.78 is 23.5. The molecule has 0 amide bonds. The largest absolute Gasteiger partial charge is 0.458 e. The molecule has 188 valence electrons. The minimum Gasteiger partial charge on any atom is -0.458 e. The first-order chi connectivity index (χ1) is 16.6. The Kier molecular flexibility index (Phi) is 8.46. The van der Waals surface area contributed by atoms with Crippen LogP contribution >= 0.6 is 0 Å². The zero-order valence-electron chi connectivity index (χ0n) is 21.2. The zero-order chi connectivity index (χ0) is 25.8. The van der Waals surface area contributed by atoms with Crippen molar-refractivity contribution in [1.29, 1.82) is 0 Å². The fraction of sp³-hybridized carbons (Fsp3) is 0.464. The summed E-state index contributed by atoms with van der Waals surface area (Å²) in [4.78, 5) is 36.6. The van der Waals surface area contributed by atoms with E-state index >= 15 is 0 Å². The number of ether oxygens (including phenoxy) is 4. The van der Waals surface area contributed by atoms with E-state index in [4.69, 9.17) is 18.9 Å². The third-order valence-corrected chi connectivity index (χ3v) is 6.44. The van der Waals surface area contributed by atoms with E-state index in [1.807, 2.05) is 18.2 Å². The van der Waals surface area contributed by atoms with Crippen molar-refractivity contribution in [1.82, 2.24) is 0 Å². The smallest absolute Gasteiger partial charge is 0.303 e. The minimum absolute atomic E-state index is 0.246. The molecule has 1 aliphatic rings. The molecular weight excluding hydrogens is 448 g/mol. The van der Waals surface area contributed by atoms with Gasteiger partial charge in [0.2, 0.25) is 5.79 Å². The maximum absolute atomic E-state index is 12.5. The Morgan fingerprint density at radius 2 is 1.54 bits per heavy atom. The number of hydrogen-bond acceptors (Lipinski definition) is 7. The number of methoxy groups -OCH3 is 1. The average molecular weight is 483 g/mol. The standard InChI is InChI=1S/C28H34O7/c1-7-21-11-13-22(14-12-21)15-23-9-8-10-24(16-23)28(32-6)27(34-20(5)31)26(33-19(4)30)17(2)25(35-28)18(3)29/h8-14,16-17,25-27H,7,15H2,1-6H3/t17-,25+,26+,27-,28?/m1/s1. The predicted octanol–water partition coefficient (Wildman–Crippen LogP) is 4.13. The van der Waals surface area contributed by atoms with Crippen LogP contribution in [0, 0.1) is 5.92 Å². The van der Waals surface area contributed by atoms with E-state index < -0.39 is 42.0 Å². The third kappa shape index (κ3) is 5.80. The molecule has 1 heterocycles. The van der Waals surface area contributed by atoms with Gasteiger partial charge < -0.3 is 18.9 Å². The van der Waals surface area contributed by atoms with Crippen LogP contribution in [0.3, 0.4) is 0 Å². The van der Waals surface area contributed by atoms with Crippen molar-refractivity contribution >= 4 is 17.7 Å². The Hall–Kier alpha value is -3.03. The minimum atomic E-state index is -1.66. The molecule has 35 heavy (non-hydrogen) atoms. The Balaban J connectivity index is 2.08. The second-order valence-electron chi connectivity index (χ2n) is 9.03. The van der Waals surface area contributed by atoms with Crippen molar-refractivity contribution in [3.63, 3.8) is 0 Å². The molecule has 3 rings (SSSR count). The number of aryl methyl sites for hydroxylation is 1. The summed E-state index contributed by atoms with van der Waals surface area (Å²) in [6.45, 7) is 7.80. The van der Waals surface area contributed by atoms with E-state index in [0.717, 1.165) is 17.5 Å². The van der Waals surface area contributed by atoms with Gasteiger partial charge >= 0.3 is 11.9 Å². The van der Waals surface area contributed by atoms with E-state index in [-0.39, 0.29) is 5.78 Å². The molecule has 7 heteroatoms. The van der Waals surface area contributed by atoms with Gasteiger partial charge in [-0.2, -0.15) is 0 Å². The van der Waals surface area contributed by atoms with Gasteiger partial charge in [0.1, 0.15) is 12.2 Å². The summed E-state index contributed by atoms with van der Waals surface area (Å²) in [5.41, 5.74) is 3.95.